The Kier molecular flexibility index (Phi) is 5.19. The molecule has 4 atom stereocenters. The Morgan fingerprint density at radius 1 is 1.30 bits per heavy atom. The van der Waals surface area contributed by atoms with Crippen LogP contribution < -0.4 is 0 Å². The second-order valence-electron chi connectivity index (χ2n) is 7.37. The van der Waals surface area contributed by atoms with Gasteiger partial charge in [0.15, 0.2) is 8.32 Å². The van der Waals surface area contributed by atoms with E-state index in [2.05, 4.69) is 33.9 Å². The quantitative estimate of drug-likeness (QED) is 0.454. The molecule has 20 heavy (non-hydrogen) atoms. The molecule has 0 amide bonds. The molecule has 0 radical (unpaired) electrons. The smallest absolute Gasteiger partial charge is 0.311 e. The Balaban J connectivity index is 2.95. The van der Waals surface area contributed by atoms with Crippen LogP contribution in [0.25, 0.3) is 0 Å². The van der Waals surface area contributed by atoms with Crippen molar-refractivity contribution in [2.24, 2.45) is 11.8 Å². The SMILES string of the molecule is C[C@@H]1[C@H](O[Si](C)(C)C(C)(C)C)[C@H](C)C(=O)O[C@@H]1CC=O. The predicted molar refractivity (Wildman–Crippen MR) is 81.0 cm³/mol. The molecule has 1 rings (SSSR count). The summed E-state index contributed by atoms with van der Waals surface area (Å²) >= 11 is 0. The number of carbonyl (C=O) groups excluding carboxylic acids is 2. The van der Waals surface area contributed by atoms with Crippen molar-refractivity contribution in [1.29, 1.82) is 0 Å². The van der Waals surface area contributed by atoms with Crippen molar-refractivity contribution in [2.45, 2.75) is 71.4 Å². The third kappa shape index (κ3) is 3.50. The molecule has 1 aliphatic heterocycles. The Morgan fingerprint density at radius 2 is 1.85 bits per heavy atom. The first-order valence-electron chi connectivity index (χ1n) is 7.33. The molecule has 1 fully saturated rings. The van der Waals surface area contributed by atoms with Gasteiger partial charge in [0, 0.05) is 12.3 Å². The van der Waals surface area contributed by atoms with Crippen molar-refractivity contribution in [3.8, 4) is 0 Å². The Bertz CT molecular complexity index is 373. The van der Waals surface area contributed by atoms with Gasteiger partial charge in [-0.25, -0.2) is 0 Å². The van der Waals surface area contributed by atoms with E-state index in [1.807, 2.05) is 13.8 Å². The van der Waals surface area contributed by atoms with Gasteiger partial charge in [-0.3, -0.25) is 4.79 Å². The van der Waals surface area contributed by atoms with Gasteiger partial charge in [0.25, 0.3) is 0 Å². The highest BCUT2D eigenvalue weighted by Gasteiger charge is 2.47. The summed E-state index contributed by atoms with van der Waals surface area (Å²) < 4.78 is 11.8. The van der Waals surface area contributed by atoms with Gasteiger partial charge in [-0.15, -0.1) is 0 Å². The fourth-order valence-corrected chi connectivity index (χ4v) is 3.70. The van der Waals surface area contributed by atoms with Crippen LogP contribution >= 0.6 is 0 Å². The zero-order valence-electron chi connectivity index (χ0n) is 13.7. The lowest BCUT2D eigenvalue weighted by atomic mass is 9.85. The molecule has 0 aromatic carbocycles. The van der Waals surface area contributed by atoms with E-state index in [-0.39, 0.29) is 41.5 Å². The van der Waals surface area contributed by atoms with Gasteiger partial charge < -0.3 is 14.0 Å². The minimum atomic E-state index is -1.95. The molecule has 1 saturated heterocycles. The van der Waals surface area contributed by atoms with Crippen molar-refractivity contribution < 1.29 is 18.8 Å². The molecule has 0 aromatic heterocycles. The topological polar surface area (TPSA) is 52.6 Å². The number of esters is 1. The van der Waals surface area contributed by atoms with Crippen molar-refractivity contribution in [1.82, 2.24) is 0 Å². The number of rotatable bonds is 4. The third-order valence-electron chi connectivity index (χ3n) is 4.80. The zero-order valence-corrected chi connectivity index (χ0v) is 14.7. The van der Waals surface area contributed by atoms with Gasteiger partial charge in [0.2, 0.25) is 0 Å². The van der Waals surface area contributed by atoms with Gasteiger partial charge in [0.05, 0.1) is 12.0 Å². The molecule has 0 aromatic rings. The standard InChI is InChI=1S/C15H28O4Si/c1-10-12(8-9-16)18-14(17)11(2)13(10)19-20(6,7)15(3,4)5/h9-13H,8H2,1-7H3/t10-,11-,12+,13-/m0/s1. The monoisotopic (exact) mass is 300 g/mol. The van der Waals surface area contributed by atoms with E-state index in [1.165, 1.54) is 0 Å². The van der Waals surface area contributed by atoms with Crippen LogP contribution in [0.3, 0.4) is 0 Å². The summed E-state index contributed by atoms with van der Waals surface area (Å²) in [5.41, 5.74) is 0. The Hall–Kier alpha value is -0.683. The molecule has 116 valence electrons. The predicted octanol–water partition coefficient (Wildman–Crippen LogP) is 3.16. The van der Waals surface area contributed by atoms with Crippen LogP contribution in [0, 0.1) is 11.8 Å². The summed E-state index contributed by atoms with van der Waals surface area (Å²) in [6.07, 6.45) is 0.540. The summed E-state index contributed by atoms with van der Waals surface area (Å²) in [5.74, 6) is -0.484. The van der Waals surface area contributed by atoms with Gasteiger partial charge in [-0.05, 0) is 25.1 Å². The van der Waals surface area contributed by atoms with E-state index < -0.39 is 8.32 Å². The van der Waals surface area contributed by atoms with Crippen LogP contribution in [0.5, 0.6) is 0 Å². The fourth-order valence-electron chi connectivity index (χ4n) is 2.25. The minimum Gasteiger partial charge on any atom is -0.461 e. The second-order valence-corrected chi connectivity index (χ2v) is 12.1. The third-order valence-corrected chi connectivity index (χ3v) is 9.28. The molecule has 1 heterocycles. The van der Waals surface area contributed by atoms with Crippen molar-refractivity contribution in [3.63, 3.8) is 0 Å². The molecule has 0 saturated carbocycles. The van der Waals surface area contributed by atoms with E-state index in [0.29, 0.717) is 0 Å². The second kappa shape index (κ2) is 5.98. The van der Waals surface area contributed by atoms with E-state index >= 15 is 0 Å². The highest BCUT2D eigenvalue weighted by atomic mass is 28.4. The number of hydrogen-bond acceptors (Lipinski definition) is 4. The van der Waals surface area contributed by atoms with E-state index in [1.54, 1.807) is 0 Å². The van der Waals surface area contributed by atoms with Crippen molar-refractivity contribution in [2.75, 3.05) is 0 Å². The summed E-state index contributed by atoms with van der Waals surface area (Å²) in [6, 6.07) is 0. The lowest BCUT2D eigenvalue weighted by Crippen LogP contribution is -2.54. The van der Waals surface area contributed by atoms with Crippen LogP contribution in [0.1, 0.15) is 41.0 Å². The van der Waals surface area contributed by atoms with Crippen LogP contribution in [0.2, 0.25) is 18.1 Å². The highest BCUT2D eigenvalue weighted by Crippen LogP contribution is 2.41. The molecule has 5 heteroatoms. The summed E-state index contributed by atoms with van der Waals surface area (Å²) in [4.78, 5) is 22.7. The molecule has 0 unspecified atom stereocenters. The lowest BCUT2D eigenvalue weighted by Gasteiger charge is -2.45. The van der Waals surface area contributed by atoms with Gasteiger partial charge >= 0.3 is 5.97 Å². The van der Waals surface area contributed by atoms with Crippen LogP contribution in [0.15, 0.2) is 0 Å². The first-order chi connectivity index (χ1) is 9.01. The number of cyclic esters (lactones) is 1. The Morgan fingerprint density at radius 3 is 2.30 bits per heavy atom. The van der Waals surface area contributed by atoms with Gasteiger partial charge in [-0.1, -0.05) is 27.7 Å². The van der Waals surface area contributed by atoms with Crippen LogP contribution in [-0.4, -0.2) is 32.8 Å². The number of aldehydes is 1. The molecule has 0 aliphatic carbocycles. The average molecular weight is 300 g/mol. The van der Waals surface area contributed by atoms with E-state index in [0.717, 1.165) is 6.29 Å². The van der Waals surface area contributed by atoms with Crippen LogP contribution in [-0.2, 0) is 18.8 Å². The first-order valence-corrected chi connectivity index (χ1v) is 10.2. The average Bonchev–Trinajstić information content (AvgIpc) is 2.30. The first kappa shape index (κ1) is 17.4. The number of ether oxygens (including phenoxy) is 1. The fraction of sp³-hybridized carbons (Fsp3) is 0.867. The molecule has 0 bridgehead atoms. The van der Waals surface area contributed by atoms with Crippen LogP contribution in [0.4, 0.5) is 0 Å². The maximum Gasteiger partial charge on any atom is 0.311 e. The maximum absolute atomic E-state index is 12.0. The number of carbonyl (C=O) groups is 2. The molecule has 1 aliphatic rings. The molecule has 0 N–H and O–H groups in total. The zero-order chi connectivity index (χ0) is 15.7. The van der Waals surface area contributed by atoms with Gasteiger partial charge in [0.1, 0.15) is 12.4 Å². The largest absolute Gasteiger partial charge is 0.461 e. The molecule has 4 nitrogen and oxygen atoms in total. The maximum atomic E-state index is 12.0. The molecular formula is C15H28O4Si. The number of hydrogen-bond donors (Lipinski definition) is 0. The van der Waals surface area contributed by atoms with Gasteiger partial charge in [-0.2, -0.15) is 0 Å². The van der Waals surface area contributed by atoms with E-state index in [9.17, 15) is 9.59 Å². The minimum absolute atomic E-state index is 0.0435. The highest BCUT2D eigenvalue weighted by molar-refractivity contribution is 6.74. The van der Waals surface area contributed by atoms with E-state index in [4.69, 9.17) is 9.16 Å². The Labute approximate surface area is 123 Å². The van der Waals surface area contributed by atoms with Crippen molar-refractivity contribution in [3.05, 3.63) is 0 Å². The summed E-state index contributed by atoms with van der Waals surface area (Å²) in [5, 5.41) is 0.0912. The summed E-state index contributed by atoms with van der Waals surface area (Å²) in [6.45, 7) is 14.8. The molecule has 0 spiro atoms. The summed E-state index contributed by atoms with van der Waals surface area (Å²) in [7, 11) is -1.95. The normalized spacial score (nSPS) is 31.9. The lowest BCUT2D eigenvalue weighted by molar-refractivity contribution is -0.176. The van der Waals surface area contributed by atoms with Crippen molar-refractivity contribution >= 4 is 20.6 Å². The molecular weight excluding hydrogens is 272 g/mol.